The molecule has 0 radical (unpaired) electrons. The van der Waals surface area contributed by atoms with E-state index in [1.54, 1.807) is 0 Å². The number of carbonyl (C=O) groups excluding carboxylic acids is 2. The lowest BCUT2D eigenvalue weighted by Crippen LogP contribution is -2.42. The summed E-state index contributed by atoms with van der Waals surface area (Å²) in [5.74, 6) is 0.883. The molecule has 6 rings (SSSR count). The quantitative estimate of drug-likeness (QED) is 0.309. The highest BCUT2D eigenvalue weighted by molar-refractivity contribution is 7.22. The van der Waals surface area contributed by atoms with Gasteiger partial charge in [-0.2, -0.15) is 0 Å². The Hall–Kier alpha value is -2.97. The van der Waals surface area contributed by atoms with Crippen LogP contribution in [0.3, 0.4) is 0 Å². The zero-order valence-corrected chi connectivity index (χ0v) is 22.6. The van der Waals surface area contributed by atoms with E-state index in [1.165, 1.54) is 22.6 Å². The minimum absolute atomic E-state index is 0.0184. The fourth-order valence-corrected chi connectivity index (χ4v) is 7.20. The van der Waals surface area contributed by atoms with E-state index in [-0.39, 0.29) is 23.7 Å². The highest BCUT2D eigenvalue weighted by Crippen LogP contribution is 2.32. The number of hydrogen-bond acceptors (Lipinski definition) is 6. The summed E-state index contributed by atoms with van der Waals surface area (Å²) in [4.78, 5) is 30.2. The number of thiazole rings is 1. The van der Waals surface area contributed by atoms with Crippen molar-refractivity contribution in [1.29, 1.82) is 0 Å². The molecular formula is C30H37N5O2S. The lowest BCUT2D eigenvalue weighted by Gasteiger charge is -2.32. The Morgan fingerprint density at radius 1 is 0.947 bits per heavy atom. The van der Waals surface area contributed by atoms with Gasteiger partial charge in [0.1, 0.15) is 0 Å². The van der Waals surface area contributed by atoms with E-state index in [9.17, 15) is 9.59 Å². The van der Waals surface area contributed by atoms with Gasteiger partial charge in [-0.1, -0.05) is 48.8 Å². The average molecular weight is 532 g/mol. The molecule has 3 aromatic rings. The molecule has 2 aromatic carbocycles. The fraction of sp³-hybridized carbons (Fsp3) is 0.500. The normalized spacial score (nSPS) is 23.5. The summed E-state index contributed by atoms with van der Waals surface area (Å²) >= 11 is 1.47. The zero-order chi connectivity index (χ0) is 25.9. The molecule has 2 heterocycles. The number of hydrogen-bond donors (Lipinski definition) is 4. The summed E-state index contributed by atoms with van der Waals surface area (Å²) < 4.78 is 0.968. The molecule has 1 unspecified atom stereocenters. The molecule has 7 nitrogen and oxygen atoms in total. The summed E-state index contributed by atoms with van der Waals surface area (Å²) in [7, 11) is 0. The van der Waals surface area contributed by atoms with Gasteiger partial charge in [0.15, 0.2) is 5.13 Å². The lowest BCUT2D eigenvalue weighted by molar-refractivity contribution is -0.121. The number of nitrogens with zero attached hydrogens (tertiary/aromatic N) is 1. The van der Waals surface area contributed by atoms with Crippen molar-refractivity contribution >= 4 is 49.9 Å². The van der Waals surface area contributed by atoms with Gasteiger partial charge in [-0.25, -0.2) is 4.98 Å². The summed E-state index contributed by atoms with van der Waals surface area (Å²) in [6, 6.07) is 14.8. The number of nitrogens with one attached hydrogen (secondary N) is 4. The van der Waals surface area contributed by atoms with Crippen LogP contribution in [-0.4, -0.2) is 35.9 Å². The Balaban J connectivity index is 1.01. The molecule has 0 saturated heterocycles. The van der Waals surface area contributed by atoms with Gasteiger partial charge in [0.05, 0.1) is 10.2 Å². The van der Waals surface area contributed by atoms with Crippen LogP contribution in [0.5, 0.6) is 0 Å². The van der Waals surface area contributed by atoms with Gasteiger partial charge >= 0.3 is 0 Å². The molecule has 3 atom stereocenters. The van der Waals surface area contributed by atoms with E-state index in [4.69, 9.17) is 0 Å². The molecule has 2 fully saturated rings. The van der Waals surface area contributed by atoms with E-state index < -0.39 is 0 Å². The number of para-hydroxylation sites is 1. The third-order valence-corrected chi connectivity index (χ3v) is 9.39. The first-order chi connectivity index (χ1) is 18.6. The van der Waals surface area contributed by atoms with Crippen LogP contribution >= 0.6 is 11.3 Å². The third kappa shape index (κ3) is 5.86. The van der Waals surface area contributed by atoms with Crippen molar-refractivity contribution in [2.45, 2.75) is 63.8 Å². The molecule has 1 aromatic heterocycles. The van der Waals surface area contributed by atoms with Gasteiger partial charge in [0.2, 0.25) is 11.8 Å². The van der Waals surface area contributed by atoms with Gasteiger partial charge in [-0.15, -0.1) is 0 Å². The zero-order valence-electron chi connectivity index (χ0n) is 21.8. The highest BCUT2D eigenvalue weighted by Gasteiger charge is 2.28. The van der Waals surface area contributed by atoms with Gasteiger partial charge in [0.25, 0.3) is 0 Å². The second-order valence-corrected chi connectivity index (χ2v) is 12.3. The second kappa shape index (κ2) is 11.4. The molecule has 2 saturated carbocycles. The molecule has 0 spiro atoms. The van der Waals surface area contributed by atoms with Gasteiger partial charge in [-0.05, 0) is 74.3 Å². The molecule has 3 aliphatic rings. The van der Waals surface area contributed by atoms with Gasteiger partial charge in [-0.3, -0.25) is 9.59 Å². The molecule has 1 aliphatic heterocycles. The first-order valence-corrected chi connectivity index (χ1v) is 15.0. The summed E-state index contributed by atoms with van der Waals surface area (Å²) in [6.45, 7) is 1.97. The first kappa shape index (κ1) is 25.3. The molecular weight excluding hydrogens is 494 g/mol. The van der Waals surface area contributed by atoms with Crippen LogP contribution in [-0.2, 0) is 16.0 Å². The van der Waals surface area contributed by atoms with E-state index in [2.05, 4.69) is 50.5 Å². The van der Waals surface area contributed by atoms with Gasteiger partial charge < -0.3 is 21.3 Å². The van der Waals surface area contributed by atoms with E-state index in [0.29, 0.717) is 17.1 Å². The third-order valence-electron chi connectivity index (χ3n) is 8.46. The van der Waals surface area contributed by atoms with Crippen molar-refractivity contribution < 1.29 is 9.59 Å². The second-order valence-electron chi connectivity index (χ2n) is 11.2. The van der Waals surface area contributed by atoms with Crippen LogP contribution in [0.4, 0.5) is 16.5 Å². The standard InChI is InChI=1S/C30H37N5O2S/c36-28(20-6-1-2-7-20)35-30-34-26-13-12-24(16-27(26)38-30)33-29(37)22-9-5-10-23(15-22)31-17-19-14-21-8-3-4-11-25(21)32-18-19/h3-4,8,11-13,16,19-20,22-23,31-32H,1-2,5-7,9-10,14-15,17-18H2,(H,33,37)(H,34,35,36)/t19?,22-,23+/m1/s1. The summed E-state index contributed by atoms with van der Waals surface area (Å²) in [5.41, 5.74) is 4.30. The number of carbonyl (C=O) groups is 2. The Morgan fingerprint density at radius 3 is 2.66 bits per heavy atom. The molecule has 38 heavy (non-hydrogen) atoms. The maximum Gasteiger partial charge on any atom is 0.229 e. The number of amides is 2. The van der Waals surface area contributed by atoms with E-state index >= 15 is 0 Å². The number of fused-ring (bicyclic) bond motifs is 2. The minimum atomic E-state index is 0.0184. The topological polar surface area (TPSA) is 95.2 Å². The SMILES string of the molecule is O=C(Nc1nc2ccc(NC(=O)[C@@H]3CCC[C@H](NCC4CNc5ccccc5C4)C3)cc2s1)C1CCCC1. The van der Waals surface area contributed by atoms with Crippen molar-refractivity contribution in [2.75, 3.05) is 29.0 Å². The predicted molar refractivity (Wildman–Crippen MR) is 155 cm³/mol. The Kier molecular flexibility index (Phi) is 7.60. The Bertz CT molecular complexity index is 1300. The van der Waals surface area contributed by atoms with E-state index in [0.717, 1.165) is 86.8 Å². The van der Waals surface area contributed by atoms with Crippen LogP contribution in [0.1, 0.15) is 56.9 Å². The van der Waals surface area contributed by atoms with Crippen LogP contribution in [0.15, 0.2) is 42.5 Å². The number of aromatic nitrogens is 1. The van der Waals surface area contributed by atoms with Crippen molar-refractivity contribution in [3.8, 4) is 0 Å². The largest absolute Gasteiger partial charge is 0.384 e. The molecule has 2 amide bonds. The average Bonchev–Trinajstić information content (AvgIpc) is 3.62. The Labute approximate surface area is 228 Å². The maximum absolute atomic E-state index is 13.2. The summed E-state index contributed by atoms with van der Waals surface area (Å²) in [5, 5.41) is 14.1. The maximum atomic E-state index is 13.2. The van der Waals surface area contributed by atoms with Crippen molar-refractivity contribution in [2.24, 2.45) is 17.8 Å². The predicted octanol–water partition coefficient (Wildman–Crippen LogP) is 5.80. The van der Waals surface area contributed by atoms with Crippen LogP contribution in [0.2, 0.25) is 0 Å². The van der Waals surface area contributed by atoms with Crippen molar-refractivity contribution in [1.82, 2.24) is 10.3 Å². The number of anilines is 3. The van der Waals surface area contributed by atoms with Crippen molar-refractivity contribution in [3.05, 3.63) is 48.0 Å². The van der Waals surface area contributed by atoms with Crippen LogP contribution in [0, 0.1) is 17.8 Å². The number of benzene rings is 2. The van der Waals surface area contributed by atoms with Crippen LogP contribution < -0.4 is 21.3 Å². The van der Waals surface area contributed by atoms with Crippen LogP contribution in [0.25, 0.3) is 10.2 Å². The smallest absolute Gasteiger partial charge is 0.229 e. The van der Waals surface area contributed by atoms with Crippen molar-refractivity contribution in [3.63, 3.8) is 0 Å². The number of rotatable bonds is 7. The monoisotopic (exact) mass is 531 g/mol. The first-order valence-electron chi connectivity index (χ1n) is 14.2. The Morgan fingerprint density at radius 2 is 1.76 bits per heavy atom. The molecule has 4 N–H and O–H groups in total. The fourth-order valence-electron chi connectivity index (χ4n) is 6.29. The molecule has 2 aliphatic carbocycles. The lowest BCUT2D eigenvalue weighted by atomic mass is 9.84. The molecule has 0 bridgehead atoms. The molecule has 8 heteroatoms. The highest BCUT2D eigenvalue weighted by atomic mass is 32.1. The van der Waals surface area contributed by atoms with E-state index in [1.807, 2.05) is 18.2 Å². The summed E-state index contributed by atoms with van der Waals surface area (Å²) in [6.07, 6.45) is 9.30. The minimum Gasteiger partial charge on any atom is -0.384 e. The molecule has 200 valence electrons. The van der Waals surface area contributed by atoms with Gasteiger partial charge in [0, 0.05) is 42.3 Å².